The Labute approximate surface area is 472 Å². The molecule has 6 rings (SSSR count). The standard InChI is InChI=1S/C56H88N4O19S/c1-16-39-56(12,69)46(63)30(4)41(58-70)28(2)24-54(10,68)47(78-51-44(62)38(59(13)14)21-29(3)74-51)31(5)45(32(6)50(66)76-39)77-40-25-55(11,71-15)48(33(7)75-40)79-52(67)57-17-18-72-19-20-80-35-22-34-27-73-53(8,9)60-26-37(49(64)65)43(61)36(23-35)42(34)60/h22-23,26,28-33,38-40,44-48,51,62-63,68-70H,16-21,24-25,27H2,1-15H3,(H,57,67)(H,64,65)/b58-41+/t28-,29+,30+,31+,32-,33+,38-,39-,40+,44+,45+,46-,47-,48+,51-,54-,55-,56-/m1/s1. The topological polar surface area (TPSA) is 305 Å². The van der Waals surface area contributed by atoms with Crippen LogP contribution in [0.3, 0.4) is 0 Å². The lowest BCUT2D eigenvalue weighted by atomic mass is 9.73. The highest BCUT2D eigenvalue weighted by Gasteiger charge is 2.54. The van der Waals surface area contributed by atoms with E-state index >= 15 is 0 Å². The molecule has 452 valence electrons. The molecule has 4 aliphatic heterocycles. The number of carbonyl (C=O) groups excluding carboxylic acids is 2. The smallest absolute Gasteiger partial charge is 0.407 e. The van der Waals surface area contributed by atoms with E-state index in [2.05, 4.69) is 10.5 Å². The first-order valence-corrected chi connectivity index (χ1v) is 28.6. The Hall–Kier alpha value is -4.02. The van der Waals surface area contributed by atoms with E-state index in [1.165, 1.54) is 38.9 Å². The minimum atomic E-state index is -2.04. The molecular formula is C56H88N4O19S. The first kappa shape index (κ1) is 65.1. The van der Waals surface area contributed by atoms with E-state index in [0.29, 0.717) is 23.1 Å². The molecule has 3 fully saturated rings. The summed E-state index contributed by atoms with van der Waals surface area (Å²) in [5.41, 5.74) is -5.44. The van der Waals surface area contributed by atoms with Gasteiger partial charge in [-0.15, -0.1) is 11.8 Å². The number of nitrogens with one attached hydrogen (secondary N) is 1. The zero-order valence-electron chi connectivity index (χ0n) is 49.0. The number of rotatable bonds is 16. The molecule has 3 saturated heterocycles. The molecule has 2 aromatic rings. The number of aromatic carboxylic acids is 1. The summed E-state index contributed by atoms with van der Waals surface area (Å²) in [5, 5.41) is 74.8. The quantitative estimate of drug-likeness (QED) is 0.0389. The summed E-state index contributed by atoms with van der Waals surface area (Å²) in [4.78, 5) is 55.8. The van der Waals surface area contributed by atoms with Crippen molar-refractivity contribution in [2.45, 2.75) is 210 Å². The van der Waals surface area contributed by atoms with Crippen molar-refractivity contribution in [1.29, 1.82) is 0 Å². The average molecular weight is 1150 g/mol. The molecule has 4 aliphatic rings. The van der Waals surface area contributed by atoms with Crippen LogP contribution in [0.4, 0.5) is 4.79 Å². The van der Waals surface area contributed by atoms with Gasteiger partial charge >= 0.3 is 18.0 Å². The van der Waals surface area contributed by atoms with Gasteiger partial charge < -0.3 is 88.2 Å². The van der Waals surface area contributed by atoms with E-state index in [-0.39, 0.29) is 69.0 Å². The Morgan fingerprint density at radius 3 is 2.26 bits per heavy atom. The number of esters is 1. The number of carbonyl (C=O) groups is 3. The second-order valence-corrected chi connectivity index (χ2v) is 24.8. The number of amides is 1. The third-order valence-electron chi connectivity index (χ3n) is 16.7. The van der Waals surface area contributed by atoms with Crippen molar-refractivity contribution in [3.05, 3.63) is 39.7 Å². The first-order chi connectivity index (χ1) is 37.3. The summed E-state index contributed by atoms with van der Waals surface area (Å²) in [6.07, 6.45) is -10.1. The summed E-state index contributed by atoms with van der Waals surface area (Å²) in [7, 11) is 5.12. The van der Waals surface area contributed by atoms with E-state index in [1.54, 1.807) is 59.1 Å². The van der Waals surface area contributed by atoms with E-state index in [9.17, 15) is 49.9 Å². The second-order valence-electron chi connectivity index (χ2n) is 23.6. The number of alkyl carbamates (subject to hydrolysis) is 1. The zero-order valence-corrected chi connectivity index (χ0v) is 49.8. The van der Waals surface area contributed by atoms with Crippen LogP contribution >= 0.6 is 11.8 Å². The molecule has 0 unspecified atom stereocenters. The Morgan fingerprint density at radius 1 is 0.950 bits per heavy atom. The van der Waals surface area contributed by atoms with Crippen LogP contribution in [0.1, 0.15) is 125 Å². The highest BCUT2D eigenvalue weighted by Crippen LogP contribution is 2.42. The van der Waals surface area contributed by atoms with Gasteiger partial charge in [0.05, 0.1) is 73.1 Å². The number of oxime groups is 1. The number of thioether (sulfide) groups is 1. The van der Waals surface area contributed by atoms with Crippen LogP contribution in [0.15, 0.2) is 33.2 Å². The number of aliphatic hydroxyl groups is 4. The van der Waals surface area contributed by atoms with Crippen LogP contribution in [0.5, 0.6) is 0 Å². The predicted molar refractivity (Wildman–Crippen MR) is 294 cm³/mol. The van der Waals surface area contributed by atoms with Crippen LogP contribution in [-0.4, -0.2) is 195 Å². The lowest BCUT2D eigenvalue weighted by molar-refractivity contribution is -0.317. The minimum Gasteiger partial charge on any atom is -0.477 e. The molecule has 18 atom stereocenters. The molecule has 0 aliphatic carbocycles. The van der Waals surface area contributed by atoms with E-state index in [1.807, 2.05) is 45.8 Å². The van der Waals surface area contributed by atoms with Gasteiger partial charge in [0.2, 0.25) is 5.43 Å². The number of cyclic esters (lactones) is 1. The normalized spacial score (nSPS) is 37.7. The third kappa shape index (κ3) is 14.1. The Morgan fingerprint density at radius 2 is 1.64 bits per heavy atom. The zero-order chi connectivity index (χ0) is 59.6. The van der Waals surface area contributed by atoms with Crippen LogP contribution in [0.2, 0.25) is 0 Å². The van der Waals surface area contributed by atoms with E-state index in [0.717, 1.165) is 10.5 Å². The molecule has 0 saturated carbocycles. The third-order valence-corrected chi connectivity index (χ3v) is 17.7. The van der Waals surface area contributed by atoms with Crippen molar-refractivity contribution in [3.8, 4) is 0 Å². The van der Waals surface area contributed by atoms with E-state index < -0.39 is 125 Å². The summed E-state index contributed by atoms with van der Waals surface area (Å²) < 4.78 is 57.9. The lowest BCUT2D eigenvalue weighted by Crippen LogP contribution is -2.61. The van der Waals surface area contributed by atoms with Crippen LogP contribution in [-0.2, 0) is 59.8 Å². The maximum Gasteiger partial charge on any atom is 0.407 e. The summed E-state index contributed by atoms with van der Waals surface area (Å²) in [5.74, 6) is -5.48. The maximum atomic E-state index is 14.5. The van der Waals surface area contributed by atoms with Gasteiger partial charge in [-0.25, -0.2) is 9.59 Å². The number of pyridine rings is 1. The number of carboxylic acids is 1. The monoisotopic (exact) mass is 1150 g/mol. The number of carboxylic acid groups (broad SMARTS) is 1. The van der Waals surface area contributed by atoms with Gasteiger partial charge in [-0.3, -0.25) is 9.59 Å². The van der Waals surface area contributed by atoms with Crippen molar-refractivity contribution in [2.24, 2.45) is 28.8 Å². The van der Waals surface area contributed by atoms with Crippen molar-refractivity contribution in [3.63, 3.8) is 0 Å². The molecule has 23 nitrogen and oxygen atoms in total. The number of nitrogens with zero attached hydrogens (tertiary/aromatic N) is 3. The molecule has 0 spiro atoms. The summed E-state index contributed by atoms with van der Waals surface area (Å²) in [6, 6.07) is 3.23. The molecule has 0 radical (unpaired) electrons. The number of hydrogen-bond acceptors (Lipinski definition) is 21. The minimum absolute atomic E-state index is 0.0315. The number of hydrogen-bond donors (Lipinski definition) is 7. The average Bonchev–Trinajstić information content (AvgIpc) is 3.38. The molecule has 5 heterocycles. The number of likely N-dealkylation sites (N-methyl/N-ethyl adjacent to an activating group) is 1. The van der Waals surface area contributed by atoms with Gasteiger partial charge in [0.25, 0.3) is 0 Å². The molecule has 1 amide bonds. The van der Waals surface area contributed by atoms with E-state index in [4.69, 9.17) is 42.6 Å². The van der Waals surface area contributed by atoms with Gasteiger partial charge in [0.1, 0.15) is 34.7 Å². The van der Waals surface area contributed by atoms with Gasteiger partial charge in [0.15, 0.2) is 18.7 Å². The molecule has 1 aromatic carbocycles. The Bertz CT molecular complexity index is 2580. The Balaban J connectivity index is 1.16. The fourth-order valence-electron chi connectivity index (χ4n) is 12.1. The number of ether oxygens (including phenoxy) is 9. The second kappa shape index (κ2) is 26.3. The summed E-state index contributed by atoms with van der Waals surface area (Å²) in [6.45, 7) is 20.8. The molecule has 0 bridgehead atoms. The predicted octanol–water partition coefficient (Wildman–Crippen LogP) is 4.83. The molecule has 80 heavy (non-hydrogen) atoms. The van der Waals surface area contributed by atoms with Crippen molar-refractivity contribution in [2.75, 3.05) is 46.7 Å². The Kier molecular flexibility index (Phi) is 21.4. The molecule has 7 N–H and O–H groups in total. The largest absolute Gasteiger partial charge is 0.477 e. The van der Waals surface area contributed by atoms with Gasteiger partial charge in [0, 0.05) is 71.7 Å². The van der Waals surface area contributed by atoms with Gasteiger partial charge in [-0.2, -0.15) is 0 Å². The van der Waals surface area contributed by atoms with Gasteiger partial charge in [-0.1, -0.05) is 32.9 Å². The number of methoxy groups -OCH3 is 1. The van der Waals surface area contributed by atoms with Crippen molar-refractivity contribution >= 4 is 46.4 Å². The number of aliphatic hydroxyl groups excluding tert-OH is 2. The number of benzene rings is 1. The fourth-order valence-corrected chi connectivity index (χ4v) is 13.0. The van der Waals surface area contributed by atoms with Crippen LogP contribution < -0.4 is 10.7 Å². The van der Waals surface area contributed by atoms with Gasteiger partial charge in [-0.05, 0) is 101 Å². The molecular weight excluding hydrogens is 1060 g/mol. The first-order valence-electron chi connectivity index (χ1n) is 27.7. The molecule has 24 heteroatoms. The number of aromatic nitrogens is 1. The lowest BCUT2D eigenvalue weighted by Gasteiger charge is -2.49. The molecule has 1 aromatic heterocycles. The van der Waals surface area contributed by atoms with Crippen LogP contribution in [0, 0.1) is 23.7 Å². The SMILES string of the molecule is CC[C@H]1OC(=O)[C@H](C)[C@@H](O[C@H]2C[C@@](C)(OC)[C@@H](OC(=O)NCCOCCSc3cc4c5c(c3)c(=O)c(C(=O)O)cn5C(C)(C)OC4)[C@H](C)O2)[C@H](C)[C@@H](O[C@H]2O[C@@H](C)C[C@@H](N(C)C)[C@@H]2O)[C@](C)(O)C[C@@H](C)/C(=N\O)[C@H](C)[C@@H](O)[C@]1(C)O. The maximum absolute atomic E-state index is 14.5. The highest BCUT2D eigenvalue weighted by molar-refractivity contribution is 7.99. The highest BCUT2D eigenvalue weighted by atomic mass is 32.2. The fraction of sp³-hybridized carbons (Fsp3) is 0.768. The van der Waals surface area contributed by atoms with Crippen molar-refractivity contribution in [1.82, 2.24) is 14.8 Å². The summed E-state index contributed by atoms with van der Waals surface area (Å²) >= 11 is 1.42. The van der Waals surface area contributed by atoms with Crippen molar-refractivity contribution < 1.29 is 87.8 Å². The van der Waals surface area contributed by atoms with Crippen LogP contribution in [0.25, 0.3) is 10.9 Å².